The van der Waals surface area contributed by atoms with Gasteiger partial charge in [-0.15, -0.1) is 0 Å². The van der Waals surface area contributed by atoms with Crippen LogP contribution in [-0.4, -0.2) is 25.2 Å². The Morgan fingerprint density at radius 1 is 0.931 bits per heavy atom. The van der Waals surface area contributed by atoms with E-state index >= 15 is 0 Å². The number of halogens is 1. The molecule has 1 aromatic carbocycles. The Balaban J connectivity index is 2.49. The van der Waals surface area contributed by atoms with Gasteiger partial charge in [-0.05, 0) is 38.3 Å². The zero-order chi connectivity index (χ0) is 21.4. The first kappa shape index (κ1) is 23.0. The molecule has 1 N–H and O–H groups in total. The molecule has 0 amide bonds. The lowest BCUT2D eigenvalue weighted by atomic mass is 9.80. The van der Waals surface area contributed by atoms with E-state index in [1.807, 2.05) is 45.9 Å². The second-order valence-electron chi connectivity index (χ2n) is 7.14. The lowest BCUT2D eigenvalue weighted by Gasteiger charge is -2.31. The zero-order valence-electron chi connectivity index (χ0n) is 17.6. The first-order chi connectivity index (χ1) is 13.9. The highest BCUT2D eigenvalue weighted by atomic mass is 35.5. The number of allylic oxidation sites excluding steroid dienone is 2. The molecule has 0 aromatic heterocycles. The molecule has 1 aliphatic heterocycles. The summed E-state index contributed by atoms with van der Waals surface area (Å²) < 4.78 is 11.0. The summed E-state index contributed by atoms with van der Waals surface area (Å²) in [6, 6.07) is 7.24. The van der Waals surface area contributed by atoms with E-state index in [1.165, 1.54) is 0 Å². The predicted octanol–water partition coefficient (Wildman–Crippen LogP) is 5.26. The molecule has 0 aliphatic carbocycles. The number of carbonyl (C=O) groups excluding carboxylic acids is 2. The second kappa shape index (κ2) is 11.1. The van der Waals surface area contributed by atoms with Gasteiger partial charge in [-0.25, -0.2) is 9.59 Å². The van der Waals surface area contributed by atoms with Crippen molar-refractivity contribution < 1.29 is 19.1 Å². The molecule has 0 atom stereocenters. The molecule has 6 heteroatoms. The molecule has 0 saturated heterocycles. The van der Waals surface area contributed by atoms with Crippen molar-refractivity contribution in [2.75, 3.05) is 13.2 Å². The number of unbranched alkanes of at least 4 members (excludes halogenated alkanes) is 2. The van der Waals surface area contributed by atoms with Crippen molar-refractivity contribution >= 4 is 23.5 Å². The molecule has 0 unspecified atom stereocenters. The van der Waals surface area contributed by atoms with Crippen LogP contribution in [0.15, 0.2) is 46.8 Å². The Morgan fingerprint density at radius 3 is 1.86 bits per heavy atom. The molecule has 1 aromatic rings. The van der Waals surface area contributed by atoms with Crippen LogP contribution in [0.5, 0.6) is 0 Å². The highest BCUT2D eigenvalue weighted by Crippen LogP contribution is 2.41. The fourth-order valence-corrected chi connectivity index (χ4v) is 3.57. The molecule has 5 nitrogen and oxygen atoms in total. The van der Waals surface area contributed by atoms with E-state index in [-0.39, 0.29) is 0 Å². The van der Waals surface area contributed by atoms with Gasteiger partial charge in [-0.2, -0.15) is 0 Å². The third kappa shape index (κ3) is 5.63. The van der Waals surface area contributed by atoms with Gasteiger partial charge in [0.1, 0.15) is 0 Å². The zero-order valence-corrected chi connectivity index (χ0v) is 18.4. The van der Waals surface area contributed by atoms with E-state index < -0.39 is 17.9 Å². The number of hydrogen-bond acceptors (Lipinski definition) is 5. The molecular formula is C23H30ClNO4. The maximum atomic E-state index is 13.0. The van der Waals surface area contributed by atoms with Crippen LogP contribution in [0.2, 0.25) is 5.02 Å². The molecule has 2 rings (SSSR count). The van der Waals surface area contributed by atoms with Crippen molar-refractivity contribution in [1.29, 1.82) is 0 Å². The van der Waals surface area contributed by atoms with Crippen LogP contribution < -0.4 is 5.32 Å². The maximum Gasteiger partial charge on any atom is 0.336 e. The van der Waals surface area contributed by atoms with Crippen molar-refractivity contribution in [3.63, 3.8) is 0 Å². The van der Waals surface area contributed by atoms with Crippen LogP contribution in [-0.2, 0) is 19.1 Å². The van der Waals surface area contributed by atoms with Gasteiger partial charge in [0, 0.05) is 16.4 Å². The first-order valence-corrected chi connectivity index (χ1v) is 10.6. The number of benzene rings is 1. The summed E-state index contributed by atoms with van der Waals surface area (Å²) in [6.07, 6.45) is 3.41. The number of ether oxygens (including phenoxy) is 2. The van der Waals surface area contributed by atoms with Gasteiger partial charge in [0.15, 0.2) is 0 Å². The summed E-state index contributed by atoms with van der Waals surface area (Å²) in [5, 5.41) is 3.64. The number of nitrogens with one attached hydrogen (secondary N) is 1. The number of rotatable bonds is 9. The number of carbonyl (C=O) groups is 2. The largest absolute Gasteiger partial charge is 0.462 e. The molecule has 158 valence electrons. The Kier molecular flexibility index (Phi) is 8.77. The minimum Gasteiger partial charge on any atom is -0.462 e. The van der Waals surface area contributed by atoms with Crippen LogP contribution in [0.3, 0.4) is 0 Å². The molecular weight excluding hydrogens is 390 g/mol. The molecule has 1 heterocycles. The summed E-state index contributed by atoms with van der Waals surface area (Å²) in [5.41, 5.74) is 2.77. The van der Waals surface area contributed by atoms with Gasteiger partial charge in [-0.3, -0.25) is 0 Å². The number of dihydropyridines is 1. The standard InChI is InChI=1S/C23H30ClNO4/c1-5-7-13-28-22(26)19-15(3)25-16(4)20(23(27)29-14-8-6-2)21(19)17-11-9-10-12-18(17)24/h9-12,21,25H,5-8,13-14H2,1-4H3. The summed E-state index contributed by atoms with van der Waals surface area (Å²) in [4.78, 5) is 26.0. The highest BCUT2D eigenvalue weighted by molar-refractivity contribution is 6.31. The van der Waals surface area contributed by atoms with Gasteiger partial charge in [0.2, 0.25) is 0 Å². The van der Waals surface area contributed by atoms with Crippen molar-refractivity contribution in [3.8, 4) is 0 Å². The molecule has 0 fully saturated rings. The Hall–Kier alpha value is -2.27. The minimum absolute atomic E-state index is 0.334. The van der Waals surface area contributed by atoms with E-state index in [1.54, 1.807) is 6.07 Å². The summed E-state index contributed by atoms with van der Waals surface area (Å²) in [5.74, 6) is -1.53. The molecule has 29 heavy (non-hydrogen) atoms. The van der Waals surface area contributed by atoms with Crippen LogP contribution in [0, 0.1) is 0 Å². The Labute approximate surface area is 178 Å². The summed E-state index contributed by atoms with van der Waals surface area (Å²) >= 11 is 6.48. The lowest BCUT2D eigenvalue weighted by molar-refractivity contribution is -0.140. The monoisotopic (exact) mass is 419 g/mol. The van der Waals surface area contributed by atoms with Crippen molar-refractivity contribution in [1.82, 2.24) is 5.32 Å². The fourth-order valence-electron chi connectivity index (χ4n) is 3.33. The molecule has 0 bridgehead atoms. The number of hydrogen-bond donors (Lipinski definition) is 1. The highest BCUT2D eigenvalue weighted by Gasteiger charge is 2.38. The van der Waals surface area contributed by atoms with Crippen LogP contribution >= 0.6 is 11.6 Å². The molecule has 0 saturated carbocycles. The molecule has 0 radical (unpaired) electrons. The van der Waals surface area contributed by atoms with Gasteiger partial charge in [0.25, 0.3) is 0 Å². The lowest BCUT2D eigenvalue weighted by Crippen LogP contribution is -2.32. The van der Waals surface area contributed by atoms with E-state index in [2.05, 4.69) is 5.32 Å². The van der Waals surface area contributed by atoms with E-state index in [0.717, 1.165) is 25.7 Å². The summed E-state index contributed by atoms with van der Waals surface area (Å²) in [7, 11) is 0. The first-order valence-electron chi connectivity index (χ1n) is 10.2. The summed E-state index contributed by atoms with van der Waals surface area (Å²) in [6.45, 7) is 8.35. The van der Waals surface area contributed by atoms with Crippen molar-refractivity contribution in [3.05, 3.63) is 57.4 Å². The van der Waals surface area contributed by atoms with Gasteiger partial charge in [-0.1, -0.05) is 56.5 Å². The fraction of sp³-hybridized carbons (Fsp3) is 0.478. The third-order valence-corrected chi connectivity index (χ3v) is 5.22. The van der Waals surface area contributed by atoms with E-state index in [9.17, 15) is 9.59 Å². The normalized spacial score (nSPS) is 14.7. The second-order valence-corrected chi connectivity index (χ2v) is 7.54. The quantitative estimate of drug-likeness (QED) is 0.436. The smallest absolute Gasteiger partial charge is 0.336 e. The molecule has 1 aliphatic rings. The van der Waals surface area contributed by atoms with Gasteiger partial charge >= 0.3 is 11.9 Å². The third-order valence-electron chi connectivity index (χ3n) is 4.88. The van der Waals surface area contributed by atoms with Crippen LogP contribution in [0.1, 0.15) is 64.9 Å². The Morgan fingerprint density at radius 2 is 1.41 bits per heavy atom. The van der Waals surface area contributed by atoms with Crippen molar-refractivity contribution in [2.24, 2.45) is 0 Å². The van der Waals surface area contributed by atoms with E-state index in [0.29, 0.717) is 46.3 Å². The molecule has 0 spiro atoms. The van der Waals surface area contributed by atoms with Crippen LogP contribution in [0.25, 0.3) is 0 Å². The SMILES string of the molecule is CCCCOC(=O)C1=C(C)NC(C)=C(C(=O)OCCCC)C1c1ccccc1Cl. The number of esters is 2. The van der Waals surface area contributed by atoms with Gasteiger partial charge in [0.05, 0.1) is 30.3 Å². The maximum absolute atomic E-state index is 13.0. The van der Waals surface area contributed by atoms with Crippen LogP contribution in [0.4, 0.5) is 0 Å². The average molecular weight is 420 g/mol. The topological polar surface area (TPSA) is 64.6 Å². The predicted molar refractivity (Wildman–Crippen MR) is 114 cm³/mol. The van der Waals surface area contributed by atoms with Gasteiger partial charge < -0.3 is 14.8 Å². The van der Waals surface area contributed by atoms with Crippen molar-refractivity contribution in [2.45, 2.75) is 59.3 Å². The van der Waals surface area contributed by atoms with E-state index in [4.69, 9.17) is 21.1 Å². The Bertz CT molecular complexity index is 769. The minimum atomic E-state index is -0.645. The average Bonchev–Trinajstić information content (AvgIpc) is 2.68.